The lowest BCUT2D eigenvalue weighted by Crippen LogP contribution is -2.39. The Bertz CT molecular complexity index is 343. The first-order valence-electron chi connectivity index (χ1n) is 6.09. The zero-order valence-corrected chi connectivity index (χ0v) is 11.4. The van der Waals surface area contributed by atoms with Crippen molar-refractivity contribution in [2.45, 2.75) is 45.3 Å². The van der Waals surface area contributed by atoms with E-state index in [1.165, 1.54) is 13.2 Å². The number of carbonyl (C=O) groups excluding carboxylic acids is 2. The minimum Gasteiger partial charge on any atom is -0.466 e. The highest BCUT2D eigenvalue weighted by atomic mass is 16.6. The molecule has 1 atom stereocenters. The number of hydrogen-bond donors (Lipinski definition) is 0. The molecule has 0 aliphatic carbocycles. The lowest BCUT2D eigenvalue weighted by molar-refractivity contribution is -0.134. The van der Waals surface area contributed by atoms with E-state index in [4.69, 9.17) is 4.74 Å². The van der Waals surface area contributed by atoms with Crippen LogP contribution in [-0.2, 0) is 14.3 Å². The van der Waals surface area contributed by atoms with Gasteiger partial charge in [-0.15, -0.1) is 0 Å². The van der Waals surface area contributed by atoms with E-state index in [0.717, 1.165) is 12.8 Å². The maximum atomic E-state index is 11.9. The molecule has 1 aliphatic heterocycles. The number of amides is 1. The molecule has 0 aromatic heterocycles. The second-order valence-corrected chi connectivity index (χ2v) is 5.27. The SMILES string of the molecule is COC(=O)C=C[C@@H]1CCCN1C(=O)OC(C)(C)C. The van der Waals surface area contributed by atoms with Crippen LogP contribution in [0.25, 0.3) is 0 Å². The summed E-state index contributed by atoms with van der Waals surface area (Å²) in [5.41, 5.74) is -0.504. The molecule has 5 nitrogen and oxygen atoms in total. The van der Waals surface area contributed by atoms with Gasteiger partial charge in [-0.05, 0) is 33.6 Å². The Morgan fingerprint density at radius 1 is 1.33 bits per heavy atom. The number of likely N-dealkylation sites (tertiary alicyclic amines) is 1. The fourth-order valence-electron chi connectivity index (χ4n) is 1.80. The molecule has 1 saturated heterocycles. The molecule has 0 bridgehead atoms. The molecule has 5 heteroatoms. The predicted molar refractivity (Wildman–Crippen MR) is 67.1 cm³/mol. The van der Waals surface area contributed by atoms with E-state index in [2.05, 4.69) is 4.74 Å². The van der Waals surface area contributed by atoms with Gasteiger partial charge in [-0.3, -0.25) is 0 Å². The second-order valence-electron chi connectivity index (χ2n) is 5.27. The van der Waals surface area contributed by atoms with Gasteiger partial charge in [0.25, 0.3) is 0 Å². The quantitative estimate of drug-likeness (QED) is 0.560. The summed E-state index contributed by atoms with van der Waals surface area (Å²) in [6, 6.07) is -0.0843. The Hall–Kier alpha value is -1.52. The number of rotatable bonds is 2. The van der Waals surface area contributed by atoms with Crippen molar-refractivity contribution in [1.29, 1.82) is 0 Å². The molecule has 1 amide bonds. The first kappa shape index (κ1) is 14.5. The minimum absolute atomic E-state index is 0.0843. The van der Waals surface area contributed by atoms with E-state index in [-0.39, 0.29) is 12.1 Å². The van der Waals surface area contributed by atoms with Crippen molar-refractivity contribution in [2.75, 3.05) is 13.7 Å². The van der Waals surface area contributed by atoms with Gasteiger partial charge in [0.05, 0.1) is 13.2 Å². The largest absolute Gasteiger partial charge is 0.466 e. The topological polar surface area (TPSA) is 55.8 Å². The molecule has 0 spiro atoms. The Labute approximate surface area is 108 Å². The van der Waals surface area contributed by atoms with Gasteiger partial charge in [-0.1, -0.05) is 6.08 Å². The van der Waals surface area contributed by atoms with Crippen molar-refractivity contribution in [1.82, 2.24) is 4.90 Å². The van der Waals surface area contributed by atoms with Gasteiger partial charge in [-0.25, -0.2) is 9.59 Å². The maximum absolute atomic E-state index is 11.9. The summed E-state index contributed by atoms with van der Waals surface area (Å²) in [6.45, 7) is 6.16. The van der Waals surface area contributed by atoms with Gasteiger partial charge in [0.2, 0.25) is 0 Å². The number of esters is 1. The van der Waals surface area contributed by atoms with E-state index >= 15 is 0 Å². The molecule has 1 rings (SSSR count). The van der Waals surface area contributed by atoms with E-state index < -0.39 is 11.6 Å². The summed E-state index contributed by atoms with van der Waals surface area (Å²) in [5.74, 6) is -0.411. The number of methoxy groups -OCH3 is 1. The maximum Gasteiger partial charge on any atom is 0.410 e. The van der Waals surface area contributed by atoms with Gasteiger partial charge >= 0.3 is 12.1 Å². The van der Waals surface area contributed by atoms with E-state index in [1.807, 2.05) is 20.8 Å². The fraction of sp³-hybridized carbons (Fsp3) is 0.692. The first-order valence-corrected chi connectivity index (χ1v) is 6.09. The Kier molecular flexibility index (Phi) is 4.76. The molecule has 0 unspecified atom stereocenters. The van der Waals surface area contributed by atoms with E-state index in [0.29, 0.717) is 6.54 Å². The molecule has 102 valence electrons. The predicted octanol–water partition coefficient (Wildman–Crippen LogP) is 2.12. The highest BCUT2D eigenvalue weighted by Crippen LogP contribution is 2.21. The molecular weight excluding hydrogens is 234 g/mol. The number of ether oxygens (including phenoxy) is 2. The molecule has 1 heterocycles. The molecule has 1 aliphatic rings. The highest BCUT2D eigenvalue weighted by Gasteiger charge is 2.30. The van der Waals surface area contributed by atoms with Gasteiger partial charge in [0.15, 0.2) is 0 Å². The van der Waals surface area contributed by atoms with Crippen molar-refractivity contribution in [3.05, 3.63) is 12.2 Å². The zero-order chi connectivity index (χ0) is 13.8. The van der Waals surface area contributed by atoms with Crippen LogP contribution in [0.2, 0.25) is 0 Å². The third-order valence-electron chi connectivity index (χ3n) is 2.58. The van der Waals surface area contributed by atoms with Crippen molar-refractivity contribution >= 4 is 12.1 Å². The van der Waals surface area contributed by atoms with E-state index in [9.17, 15) is 9.59 Å². The van der Waals surface area contributed by atoms with Crippen LogP contribution in [0.15, 0.2) is 12.2 Å². The van der Waals surface area contributed by atoms with Crippen LogP contribution < -0.4 is 0 Å². The summed E-state index contributed by atoms with van der Waals surface area (Å²) in [7, 11) is 1.33. The minimum atomic E-state index is -0.504. The average Bonchev–Trinajstić information content (AvgIpc) is 2.71. The molecule has 0 aromatic rings. The lowest BCUT2D eigenvalue weighted by Gasteiger charge is -2.27. The molecule has 1 fully saturated rings. The van der Waals surface area contributed by atoms with Gasteiger partial charge in [0.1, 0.15) is 5.60 Å². The van der Waals surface area contributed by atoms with Gasteiger partial charge < -0.3 is 14.4 Å². The third-order valence-corrected chi connectivity index (χ3v) is 2.58. The van der Waals surface area contributed by atoms with Gasteiger partial charge in [-0.2, -0.15) is 0 Å². The van der Waals surface area contributed by atoms with Gasteiger partial charge in [0, 0.05) is 12.6 Å². The first-order chi connectivity index (χ1) is 8.33. The summed E-state index contributed by atoms with van der Waals surface area (Å²) < 4.78 is 9.85. The fourth-order valence-corrected chi connectivity index (χ4v) is 1.80. The smallest absolute Gasteiger partial charge is 0.410 e. The van der Waals surface area contributed by atoms with Crippen molar-refractivity contribution in [3.8, 4) is 0 Å². The normalized spacial score (nSPS) is 20.2. The second kappa shape index (κ2) is 5.89. The van der Waals surface area contributed by atoms with Crippen LogP contribution in [0.4, 0.5) is 4.79 Å². The average molecular weight is 255 g/mol. The van der Waals surface area contributed by atoms with Crippen molar-refractivity contribution in [3.63, 3.8) is 0 Å². The monoisotopic (exact) mass is 255 g/mol. The van der Waals surface area contributed by atoms with Crippen LogP contribution >= 0.6 is 0 Å². The molecule has 0 saturated carbocycles. The Balaban J connectivity index is 2.62. The Morgan fingerprint density at radius 2 is 2.00 bits per heavy atom. The zero-order valence-electron chi connectivity index (χ0n) is 11.4. The summed E-state index contributed by atoms with van der Waals surface area (Å²) in [6.07, 6.45) is 4.47. The molecule has 0 N–H and O–H groups in total. The van der Waals surface area contributed by atoms with Crippen LogP contribution in [0.3, 0.4) is 0 Å². The molecule has 18 heavy (non-hydrogen) atoms. The van der Waals surface area contributed by atoms with Crippen molar-refractivity contribution < 1.29 is 19.1 Å². The number of carbonyl (C=O) groups is 2. The number of nitrogens with zero attached hydrogens (tertiary/aromatic N) is 1. The van der Waals surface area contributed by atoms with Crippen LogP contribution in [0, 0.1) is 0 Å². The summed E-state index contributed by atoms with van der Waals surface area (Å²) >= 11 is 0. The summed E-state index contributed by atoms with van der Waals surface area (Å²) in [5, 5.41) is 0. The standard InChI is InChI=1S/C13H21NO4/c1-13(2,3)18-12(16)14-9-5-6-10(14)7-8-11(15)17-4/h7-8,10H,5-6,9H2,1-4H3/t10-/m0/s1. The molecule has 0 radical (unpaired) electrons. The summed E-state index contributed by atoms with van der Waals surface area (Å²) in [4.78, 5) is 24.6. The van der Waals surface area contributed by atoms with E-state index in [1.54, 1.807) is 11.0 Å². The number of hydrogen-bond acceptors (Lipinski definition) is 4. The molecule has 0 aromatic carbocycles. The van der Waals surface area contributed by atoms with Crippen LogP contribution in [0.1, 0.15) is 33.6 Å². The Morgan fingerprint density at radius 3 is 2.56 bits per heavy atom. The third kappa shape index (κ3) is 4.39. The van der Waals surface area contributed by atoms with Crippen molar-refractivity contribution in [2.24, 2.45) is 0 Å². The van der Waals surface area contributed by atoms with Crippen LogP contribution in [-0.4, -0.2) is 42.3 Å². The molecular formula is C13H21NO4. The lowest BCUT2D eigenvalue weighted by atomic mass is 10.2. The van der Waals surface area contributed by atoms with Crippen LogP contribution in [0.5, 0.6) is 0 Å². The highest BCUT2D eigenvalue weighted by molar-refractivity contribution is 5.82.